The standard InChI is InChI=1S/C25H23FN2O6S/c1-15-7-8-19(14-23(15)35(32,33)28-21-11-9-20(26)10-12-21)25(31)34-17(3)24(30)27-22-6-4-5-18(13-22)16(2)29/h4-14,17,28H,1-3H3,(H,27,30). The van der Waals surface area contributed by atoms with Crippen LogP contribution < -0.4 is 10.0 Å². The van der Waals surface area contributed by atoms with Gasteiger partial charge < -0.3 is 10.1 Å². The number of rotatable bonds is 8. The van der Waals surface area contributed by atoms with Crippen molar-refractivity contribution in [2.75, 3.05) is 10.0 Å². The first kappa shape index (κ1) is 25.6. The first-order chi connectivity index (χ1) is 16.5. The number of benzene rings is 3. The quantitative estimate of drug-likeness (QED) is 0.353. The molecule has 1 amide bonds. The minimum Gasteiger partial charge on any atom is -0.449 e. The predicted octanol–water partition coefficient (Wildman–Crippen LogP) is 4.32. The molecule has 8 nitrogen and oxygen atoms in total. The van der Waals surface area contributed by atoms with Crippen molar-refractivity contribution in [1.29, 1.82) is 0 Å². The van der Waals surface area contributed by atoms with E-state index in [1.807, 2.05) is 0 Å². The molecule has 0 spiro atoms. The predicted molar refractivity (Wildman–Crippen MR) is 128 cm³/mol. The van der Waals surface area contributed by atoms with Crippen molar-refractivity contribution in [3.63, 3.8) is 0 Å². The largest absolute Gasteiger partial charge is 0.449 e. The Morgan fingerprint density at radius 2 is 1.60 bits per heavy atom. The number of Topliss-reactive ketones (excluding diaryl/α,β-unsaturated/α-hetero) is 1. The molecule has 0 fully saturated rings. The third-order valence-corrected chi connectivity index (χ3v) is 6.52. The van der Waals surface area contributed by atoms with Gasteiger partial charge in [-0.05, 0) is 74.9 Å². The topological polar surface area (TPSA) is 119 Å². The Labute approximate surface area is 202 Å². The molecular formula is C25H23FN2O6S. The monoisotopic (exact) mass is 498 g/mol. The maximum atomic E-state index is 13.1. The maximum absolute atomic E-state index is 13.1. The van der Waals surface area contributed by atoms with Crippen molar-refractivity contribution in [2.24, 2.45) is 0 Å². The molecule has 2 N–H and O–H groups in total. The van der Waals surface area contributed by atoms with Crippen LogP contribution in [-0.4, -0.2) is 32.2 Å². The number of carbonyl (C=O) groups is 3. The summed E-state index contributed by atoms with van der Waals surface area (Å²) in [6, 6.07) is 15.0. The fourth-order valence-electron chi connectivity index (χ4n) is 3.09. The number of sulfonamides is 1. The Morgan fingerprint density at radius 1 is 0.914 bits per heavy atom. The van der Waals surface area contributed by atoms with Gasteiger partial charge in [-0.1, -0.05) is 18.2 Å². The lowest BCUT2D eigenvalue weighted by Gasteiger charge is -2.15. The Bertz CT molecular complexity index is 1390. The van der Waals surface area contributed by atoms with Crippen molar-refractivity contribution in [3.05, 3.63) is 89.2 Å². The van der Waals surface area contributed by atoms with Gasteiger partial charge in [-0.25, -0.2) is 17.6 Å². The molecule has 1 atom stereocenters. The molecule has 10 heteroatoms. The van der Waals surface area contributed by atoms with Gasteiger partial charge in [-0.3, -0.25) is 14.3 Å². The van der Waals surface area contributed by atoms with E-state index in [4.69, 9.17) is 4.74 Å². The molecule has 0 aromatic heterocycles. The highest BCUT2D eigenvalue weighted by atomic mass is 32.2. The summed E-state index contributed by atoms with van der Waals surface area (Å²) >= 11 is 0. The van der Waals surface area contributed by atoms with Gasteiger partial charge in [0.05, 0.1) is 10.5 Å². The summed E-state index contributed by atoms with van der Waals surface area (Å²) in [6.45, 7) is 4.32. The number of nitrogens with one attached hydrogen (secondary N) is 2. The number of amides is 1. The van der Waals surface area contributed by atoms with Crippen LogP contribution in [0.1, 0.15) is 40.1 Å². The van der Waals surface area contributed by atoms with E-state index in [2.05, 4.69) is 10.0 Å². The van der Waals surface area contributed by atoms with E-state index in [0.717, 1.165) is 18.2 Å². The zero-order chi connectivity index (χ0) is 25.8. The number of anilines is 2. The number of carbonyl (C=O) groups excluding carboxylic acids is 3. The molecule has 0 aliphatic rings. The average molecular weight is 499 g/mol. The van der Waals surface area contributed by atoms with Crippen molar-refractivity contribution in [1.82, 2.24) is 0 Å². The summed E-state index contributed by atoms with van der Waals surface area (Å²) in [4.78, 5) is 36.4. The van der Waals surface area contributed by atoms with Crippen molar-refractivity contribution in [3.8, 4) is 0 Å². The normalized spacial score (nSPS) is 11.9. The SMILES string of the molecule is CC(=O)c1cccc(NC(=O)C(C)OC(=O)c2ccc(C)c(S(=O)(=O)Nc3ccc(F)cc3)c2)c1. The molecule has 0 saturated heterocycles. The summed E-state index contributed by atoms with van der Waals surface area (Å²) in [5, 5.41) is 2.57. The fraction of sp³-hybridized carbons (Fsp3) is 0.160. The molecule has 0 bridgehead atoms. The molecule has 3 rings (SSSR count). The van der Waals surface area contributed by atoms with Crippen LogP contribution >= 0.6 is 0 Å². The number of ketones is 1. The molecular weight excluding hydrogens is 475 g/mol. The first-order valence-corrected chi connectivity index (χ1v) is 12.0. The number of halogens is 1. The van der Waals surface area contributed by atoms with Crippen LogP contribution in [0.15, 0.2) is 71.6 Å². The second kappa shape index (κ2) is 10.5. The Kier molecular flexibility index (Phi) is 7.65. The first-order valence-electron chi connectivity index (χ1n) is 10.5. The van der Waals surface area contributed by atoms with Crippen LogP contribution in [0.4, 0.5) is 15.8 Å². The van der Waals surface area contributed by atoms with Crippen molar-refractivity contribution < 1.29 is 31.9 Å². The zero-order valence-electron chi connectivity index (χ0n) is 19.2. The molecule has 35 heavy (non-hydrogen) atoms. The summed E-state index contributed by atoms with van der Waals surface area (Å²) in [7, 11) is -4.10. The smallest absolute Gasteiger partial charge is 0.338 e. The van der Waals surface area contributed by atoms with Gasteiger partial charge in [0.1, 0.15) is 5.82 Å². The Hall–Kier alpha value is -4.05. The molecule has 1 unspecified atom stereocenters. The van der Waals surface area contributed by atoms with Gasteiger partial charge in [0.15, 0.2) is 11.9 Å². The summed E-state index contributed by atoms with van der Waals surface area (Å²) < 4.78 is 46.3. The van der Waals surface area contributed by atoms with Gasteiger partial charge >= 0.3 is 5.97 Å². The van der Waals surface area contributed by atoms with Gasteiger partial charge in [-0.2, -0.15) is 0 Å². The van der Waals surface area contributed by atoms with Gasteiger partial charge in [0.25, 0.3) is 15.9 Å². The lowest BCUT2D eigenvalue weighted by Crippen LogP contribution is -2.30. The Morgan fingerprint density at radius 3 is 2.26 bits per heavy atom. The third kappa shape index (κ3) is 6.51. The van der Waals surface area contributed by atoms with Crippen LogP contribution in [0, 0.1) is 12.7 Å². The van der Waals surface area contributed by atoms with Crippen LogP contribution in [0.5, 0.6) is 0 Å². The number of hydrogen-bond acceptors (Lipinski definition) is 6. The molecule has 0 radical (unpaired) electrons. The zero-order valence-corrected chi connectivity index (χ0v) is 20.0. The molecule has 0 aliphatic heterocycles. The van der Waals surface area contributed by atoms with Crippen LogP contribution in [-0.2, 0) is 19.6 Å². The molecule has 0 aliphatic carbocycles. The highest BCUT2D eigenvalue weighted by Gasteiger charge is 2.23. The molecule has 3 aromatic carbocycles. The van der Waals surface area contributed by atoms with E-state index >= 15 is 0 Å². The maximum Gasteiger partial charge on any atom is 0.338 e. The van der Waals surface area contributed by atoms with E-state index in [1.54, 1.807) is 25.1 Å². The number of aryl methyl sites for hydroxylation is 1. The number of esters is 1. The van der Waals surface area contributed by atoms with Crippen LogP contribution in [0.25, 0.3) is 0 Å². The second-order valence-corrected chi connectivity index (χ2v) is 9.42. The van der Waals surface area contributed by atoms with E-state index in [-0.39, 0.29) is 21.9 Å². The van der Waals surface area contributed by atoms with Crippen molar-refractivity contribution in [2.45, 2.75) is 31.8 Å². The average Bonchev–Trinajstić information content (AvgIpc) is 2.80. The van der Waals surface area contributed by atoms with E-state index in [9.17, 15) is 27.2 Å². The highest BCUT2D eigenvalue weighted by Crippen LogP contribution is 2.22. The third-order valence-electron chi connectivity index (χ3n) is 5.00. The van der Waals surface area contributed by atoms with Crippen LogP contribution in [0.2, 0.25) is 0 Å². The number of ether oxygens (including phenoxy) is 1. The molecule has 0 saturated carbocycles. The summed E-state index contributed by atoms with van der Waals surface area (Å²) in [6.07, 6.45) is -1.21. The molecule has 3 aromatic rings. The second-order valence-electron chi connectivity index (χ2n) is 7.77. The molecule has 182 valence electrons. The van der Waals surface area contributed by atoms with E-state index in [1.165, 1.54) is 44.2 Å². The highest BCUT2D eigenvalue weighted by molar-refractivity contribution is 7.92. The number of hydrogen-bond donors (Lipinski definition) is 2. The van der Waals surface area contributed by atoms with Gasteiger partial charge in [0.2, 0.25) is 0 Å². The van der Waals surface area contributed by atoms with E-state index < -0.39 is 33.8 Å². The fourth-order valence-corrected chi connectivity index (χ4v) is 4.42. The van der Waals surface area contributed by atoms with Crippen molar-refractivity contribution >= 4 is 39.1 Å². The minimum absolute atomic E-state index is 0.0756. The van der Waals surface area contributed by atoms with Gasteiger partial charge in [-0.15, -0.1) is 0 Å². The Balaban J connectivity index is 1.73. The lowest BCUT2D eigenvalue weighted by molar-refractivity contribution is -0.123. The lowest BCUT2D eigenvalue weighted by atomic mass is 10.1. The van der Waals surface area contributed by atoms with Crippen LogP contribution in [0.3, 0.4) is 0 Å². The van der Waals surface area contributed by atoms with Gasteiger partial charge in [0, 0.05) is 16.9 Å². The minimum atomic E-state index is -4.10. The summed E-state index contributed by atoms with van der Waals surface area (Å²) in [5.41, 5.74) is 1.22. The molecule has 0 heterocycles. The van der Waals surface area contributed by atoms with E-state index in [0.29, 0.717) is 16.8 Å². The summed E-state index contributed by atoms with van der Waals surface area (Å²) in [5.74, 6) is -2.21.